The van der Waals surface area contributed by atoms with Gasteiger partial charge in [0.25, 0.3) is 0 Å². The number of amides is 2. The Bertz CT molecular complexity index is 1220. The number of esters is 1. The number of rotatable bonds is 5. The molecule has 2 saturated heterocycles. The fourth-order valence-corrected chi connectivity index (χ4v) is 4.91. The lowest BCUT2D eigenvalue weighted by Gasteiger charge is -2.37. The fraction of sp³-hybridized carbons (Fsp3) is 0.559. The molecule has 10 heteroatoms. The Kier molecular flexibility index (Phi) is 12.5. The van der Waals surface area contributed by atoms with Crippen LogP contribution in [-0.2, 0) is 20.6 Å². The zero-order valence-electron chi connectivity index (χ0n) is 27.4. The molecule has 2 aliphatic heterocycles. The van der Waals surface area contributed by atoms with Crippen molar-refractivity contribution in [3.8, 4) is 0 Å². The summed E-state index contributed by atoms with van der Waals surface area (Å²) in [6.07, 6.45) is 0.370. The lowest BCUT2D eigenvalue weighted by atomic mass is 10.0. The summed E-state index contributed by atoms with van der Waals surface area (Å²) >= 11 is 0. The molecule has 10 nitrogen and oxygen atoms in total. The molecule has 0 saturated carbocycles. The Labute approximate surface area is 262 Å². The maximum Gasteiger partial charge on any atom is 0.410 e. The van der Waals surface area contributed by atoms with E-state index in [1.54, 1.807) is 17.9 Å². The molecular weight excluding hydrogens is 560 g/mol. The molecule has 44 heavy (non-hydrogen) atoms. The van der Waals surface area contributed by atoms with Gasteiger partial charge in [-0.25, -0.2) is 14.4 Å². The normalized spacial score (nSPS) is 17.2. The highest BCUT2D eigenvalue weighted by atomic mass is 16.6. The molecule has 2 aromatic rings. The molecule has 2 aliphatic rings. The van der Waals surface area contributed by atoms with Crippen LogP contribution in [0.3, 0.4) is 0 Å². The molecule has 0 spiro atoms. The molecule has 0 aromatic heterocycles. The maximum absolute atomic E-state index is 12.3. The molecule has 1 atom stereocenters. The van der Waals surface area contributed by atoms with Crippen molar-refractivity contribution in [1.82, 2.24) is 15.1 Å². The molecule has 1 unspecified atom stereocenters. The summed E-state index contributed by atoms with van der Waals surface area (Å²) < 4.78 is 15.9. The molecular formula is C34H50N4O6. The van der Waals surface area contributed by atoms with Crippen LogP contribution in [0.4, 0.5) is 15.3 Å². The number of carbonyl (C=O) groups excluding carboxylic acids is 3. The summed E-state index contributed by atoms with van der Waals surface area (Å²) in [7, 11) is 0. The third-order valence-electron chi connectivity index (χ3n) is 6.95. The van der Waals surface area contributed by atoms with Crippen molar-refractivity contribution < 1.29 is 28.6 Å². The third kappa shape index (κ3) is 11.4. The van der Waals surface area contributed by atoms with Gasteiger partial charge in [0.05, 0.1) is 18.2 Å². The second kappa shape index (κ2) is 15.8. The molecule has 242 valence electrons. The third-order valence-corrected chi connectivity index (χ3v) is 6.95. The molecule has 2 fully saturated rings. The van der Waals surface area contributed by atoms with Crippen molar-refractivity contribution in [2.24, 2.45) is 0 Å². The number of anilines is 1. The van der Waals surface area contributed by atoms with Crippen molar-refractivity contribution in [2.75, 3.05) is 57.3 Å². The minimum Gasteiger partial charge on any atom is -0.462 e. The highest BCUT2D eigenvalue weighted by Gasteiger charge is 2.30. The van der Waals surface area contributed by atoms with Gasteiger partial charge in [0.1, 0.15) is 11.2 Å². The molecule has 0 aliphatic carbocycles. The summed E-state index contributed by atoms with van der Waals surface area (Å²) in [4.78, 5) is 42.0. The van der Waals surface area contributed by atoms with Gasteiger partial charge >= 0.3 is 18.2 Å². The van der Waals surface area contributed by atoms with Crippen molar-refractivity contribution in [3.05, 3.63) is 65.7 Å². The molecule has 2 amide bonds. The first kappa shape index (κ1) is 34.7. The van der Waals surface area contributed by atoms with Gasteiger partial charge in [0.15, 0.2) is 0 Å². The number of hydrogen-bond donors (Lipinski definition) is 1. The minimum atomic E-state index is -0.484. The monoisotopic (exact) mass is 610 g/mol. The van der Waals surface area contributed by atoms with E-state index < -0.39 is 11.2 Å². The maximum atomic E-state index is 12.3. The van der Waals surface area contributed by atoms with Crippen LogP contribution in [0.1, 0.15) is 64.4 Å². The van der Waals surface area contributed by atoms with Crippen molar-refractivity contribution in [1.29, 1.82) is 0 Å². The molecule has 1 N–H and O–H groups in total. The number of benzene rings is 2. The van der Waals surface area contributed by atoms with Crippen molar-refractivity contribution >= 4 is 23.8 Å². The second-order valence-electron chi connectivity index (χ2n) is 12.9. The molecule has 2 heterocycles. The highest BCUT2D eigenvalue weighted by Crippen LogP contribution is 2.20. The van der Waals surface area contributed by atoms with Gasteiger partial charge in [-0.2, -0.15) is 0 Å². The van der Waals surface area contributed by atoms with Crippen LogP contribution >= 0.6 is 0 Å². The number of nitrogens with one attached hydrogen (secondary N) is 1. The predicted octanol–water partition coefficient (Wildman–Crippen LogP) is 5.36. The zero-order chi connectivity index (χ0) is 32.3. The van der Waals surface area contributed by atoms with Crippen LogP contribution in [0.25, 0.3) is 0 Å². The van der Waals surface area contributed by atoms with Crippen LogP contribution < -0.4 is 10.2 Å². The van der Waals surface area contributed by atoms with Gasteiger partial charge in [-0.1, -0.05) is 36.4 Å². The summed E-state index contributed by atoms with van der Waals surface area (Å²) in [6, 6.07) is 17.8. The van der Waals surface area contributed by atoms with Crippen LogP contribution in [0.2, 0.25) is 0 Å². The molecule has 0 bridgehead atoms. The van der Waals surface area contributed by atoms with E-state index in [0.29, 0.717) is 44.9 Å². The summed E-state index contributed by atoms with van der Waals surface area (Å²) in [5, 5.41) is 3.35. The highest BCUT2D eigenvalue weighted by molar-refractivity contribution is 5.90. The Balaban J connectivity index is 0.000000244. The number of nitrogens with zero attached hydrogens (tertiary/aromatic N) is 3. The predicted molar refractivity (Wildman–Crippen MR) is 172 cm³/mol. The summed E-state index contributed by atoms with van der Waals surface area (Å²) in [5.41, 5.74) is 1.82. The Morgan fingerprint density at radius 1 is 0.818 bits per heavy atom. The average molecular weight is 611 g/mol. The SMILES string of the molecule is CC(C)(C)OC(=O)N1CCNCC1Cc1ccccc1.CCOC(=O)c1cccc(N2CCN(C(=O)OC(C)(C)C)CC2)c1. The van der Waals surface area contributed by atoms with Crippen LogP contribution in [0.5, 0.6) is 0 Å². The van der Waals surface area contributed by atoms with Gasteiger partial charge in [-0.15, -0.1) is 0 Å². The Morgan fingerprint density at radius 2 is 1.45 bits per heavy atom. The number of carbonyl (C=O) groups is 3. The molecule has 2 aromatic carbocycles. The van der Waals surface area contributed by atoms with E-state index >= 15 is 0 Å². The number of ether oxygens (including phenoxy) is 3. The Morgan fingerprint density at radius 3 is 2.07 bits per heavy atom. The van der Waals surface area contributed by atoms with Crippen molar-refractivity contribution in [2.45, 2.75) is 72.1 Å². The second-order valence-corrected chi connectivity index (χ2v) is 12.9. The van der Waals surface area contributed by atoms with E-state index in [1.165, 1.54) is 5.56 Å². The molecule has 0 radical (unpaired) electrons. The first-order valence-corrected chi connectivity index (χ1v) is 15.5. The largest absolute Gasteiger partial charge is 0.462 e. The summed E-state index contributed by atoms with van der Waals surface area (Å²) in [6.45, 7) is 18.4. The van der Waals surface area contributed by atoms with Gasteiger partial charge in [0, 0.05) is 51.5 Å². The first-order chi connectivity index (χ1) is 20.8. The summed E-state index contributed by atoms with van der Waals surface area (Å²) in [5.74, 6) is -0.313. The van der Waals surface area contributed by atoms with E-state index in [1.807, 2.05) is 82.8 Å². The van der Waals surface area contributed by atoms with Crippen LogP contribution in [0.15, 0.2) is 54.6 Å². The van der Waals surface area contributed by atoms with E-state index in [4.69, 9.17) is 14.2 Å². The standard InChI is InChI=1S/C18H26N2O4.C16H24N2O2/c1-5-23-16(21)14-7-6-8-15(13-14)19-9-11-20(12-10-19)17(22)24-18(2,3)4;1-16(2,3)20-15(19)18-10-9-17-12-14(18)11-13-7-5-4-6-8-13/h6-8,13H,5,9-12H2,1-4H3;4-8,14,17H,9-12H2,1-3H3. The minimum absolute atomic E-state index is 0.154. The first-order valence-electron chi connectivity index (χ1n) is 15.5. The zero-order valence-corrected chi connectivity index (χ0v) is 27.4. The van der Waals surface area contributed by atoms with Gasteiger partial charge in [0.2, 0.25) is 0 Å². The number of hydrogen-bond acceptors (Lipinski definition) is 8. The number of piperazine rings is 2. The smallest absolute Gasteiger partial charge is 0.410 e. The topological polar surface area (TPSA) is 101 Å². The van der Waals surface area contributed by atoms with Gasteiger partial charge in [-0.3, -0.25) is 0 Å². The fourth-order valence-electron chi connectivity index (χ4n) is 4.91. The van der Waals surface area contributed by atoms with Gasteiger partial charge in [-0.05, 0) is 78.6 Å². The van der Waals surface area contributed by atoms with E-state index in [-0.39, 0.29) is 24.2 Å². The van der Waals surface area contributed by atoms with Crippen molar-refractivity contribution in [3.63, 3.8) is 0 Å². The molecule has 4 rings (SSSR count). The lowest BCUT2D eigenvalue weighted by Crippen LogP contribution is -2.55. The van der Waals surface area contributed by atoms with E-state index in [0.717, 1.165) is 25.2 Å². The van der Waals surface area contributed by atoms with E-state index in [2.05, 4.69) is 22.3 Å². The lowest BCUT2D eigenvalue weighted by molar-refractivity contribution is 0.0120. The quantitative estimate of drug-likeness (QED) is 0.357. The average Bonchev–Trinajstić information content (AvgIpc) is 2.97. The van der Waals surface area contributed by atoms with Gasteiger partial charge < -0.3 is 34.2 Å². The van der Waals surface area contributed by atoms with E-state index in [9.17, 15) is 14.4 Å². The van der Waals surface area contributed by atoms with Crippen LogP contribution in [0, 0.1) is 0 Å². The Hall–Kier alpha value is -3.79. The van der Waals surface area contributed by atoms with Crippen LogP contribution in [-0.4, -0.2) is 97.6 Å².